The van der Waals surface area contributed by atoms with E-state index in [1.54, 1.807) is 62.4 Å². The van der Waals surface area contributed by atoms with Crippen LogP contribution in [0.2, 0.25) is 0 Å². The van der Waals surface area contributed by atoms with Crippen molar-refractivity contribution in [3.63, 3.8) is 0 Å². The lowest BCUT2D eigenvalue weighted by Crippen LogP contribution is -2.24. The van der Waals surface area contributed by atoms with E-state index >= 15 is 0 Å². The van der Waals surface area contributed by atoms with Crippen LogP contribution in [0.1, 0.15) is 69.4 Å². The molecule has 234 valence electrons. The second-order valence-electron chi connectivity index (χ2n) is 13.3. The first-order chi connectivity index (χ1) is 20.2. The minimum absolute atomic E-state index is 0.0784. The highest BCUT2D eigenvalue weighted by molar-refractivity contribution is 7.91. The fraction of sp³-hybridized carbons (Fsp3) is 0.333. The monoisotopic (exact) mass is 634 g/mol. The third-order valence-corrected chi connectivity index (χ3v) is 10.8. The standard InChI is InChI=1S/C36H42O6S2/c1-23-19-31(44(39,40)32-21-25(3)34(26(4)22-32)42-36(8,9)10)20-24(2)33(23)41-28-13-17-30(18-14-28)43(37,38)29-15-11-27(12-16-29)35(5,6)7/h11-22H,1-10H3. The lowest BCUT2D eigenvalue weighted by molar-refractivity contribution is 0.128. The van der Waals surface area contributed by atoms with Gasteiger partial charge in [-0.3, -0.25) is 0 Å². The first-order valence-corrected chi connectivity index (χ1v) is 17.5. The van der Waals surface area contributed by atoms with Gasteiger partial charge in [-0.2, -0.15) is 0 Å². The van der Waals surface area contributed by atoms with E-state index in [2.05, 4.69) is 20.8 Å². The van der Waals surface area contributed by atoms with Crippen LogP contribution in [0.4, 0.5) is 0 Å². The number of aryl methyl sites for hydroxylation is 4. The Kier molecular flexibility index (Phi) is 8.86. The van der Waals surface area contributed by atoms with Crippen molar-refractivity contribution in [2.75, 3.05) is 0 Å². The van der Waals surface area contributed by atoms with E-state index < -0.39 is 25.3 Å². The van der Waals surface area contributed by atoms with Crippen molar-refractivity contribution >= 4 is 19.7 Å². The van der Waals surface area contributed by atoms with Crippen LogP contribution in [-0.2, 0) is 25.1 Å². The Morgan fingerprint density at radius 3 is 1.25 bits per heavy atom. The minimum Gasteiger partial charge on any atom is -0.488 e. The van der Waals surface area contributed by atoms with Gasteiger partial charge in [0.15, 0.2) is 0 Å². The summed E-state index contributed by atoms with van der Waals surface area (Å²) in [6.45, 7) is 19.4. The molecular formula is C36H42O6S2. The van der Waals surface area contributed by atoms with Crippen molar-refractivity contribution < 1.29 is 26.3 Å². The van der Waals surface area contributed by atoms with Crippen LogP contribution in [0, 0.1) is 27.7 Å². The summed E-state index contributed by atoms with van der Waals surface area (Å²) in [6.07, 6.45) is 0. The first-order valence-electron chi connectivity index (χ1n) is 14.5. The largest absolute Gasteiger partial charge is 0.488 e. The Morgan fingerprint density at radius 1 is 0.500 bits per heavy atom. The molecule has 44 heavy (non-hydrogen) atoms. The van der Waals surface area contributed by atoms with Crippen molar-refractivity contribution in [3.8, 4) is 17.2 Å². The predicted octanol–water partition coefficient (Wildman–Crippen LogP) is 8.85. The lowest BCUT2D eigenvalue weighted by atomic mass is 9.87. The number of rotatable bonds is 7. The molecule has 6 nitrogen and oxygen atoms in total. The molecule has 0 unspecified atom stereocenters. The van der Waals surface area contributed by atoms with E-state index in [1.807, 2.05) is 46.8 Å². The van der Waals surface area contributed by atoms with Crippen LogP contribution in [0.15, 0.2) is 92.4 Å². The Balaban J connectivity index is 1.58. The van der Waals surface area contributed by atoms with Gasteiger partial charge in [0.25, 0.3) is 0 Å². The molecule has 0 aromatic heterocycles. The third-order valence-electron chi connectivity index (χ3n) is 7.28. The Hall–Kier alpha value is -3.62. The number of hydrogen-bond donors (Lipinski definition) is 0. The number of sulfone groups is 2. The molecule has 0 aliphatic heterocycles. The molecule has 0 saturated heterocycles. The van der Waals surface area contributed by atoms with Crippen LogP contribution >= 0.6 is 0 Å². The molecule has 0 bridgehead atoms. The average molecular weight is 635 g/mol. The molecular weight excluding hydrogens is 593 g/mol. The maximum absolute atomic E-state index is 13.7. The van der Waals surface area contributed by atoms with Crippen molar-refractivity contribution in [3.05, 3.63) is 101 Å². The quantitative estimate of drug-likeness (QED) is 0.202. The maximum Gasteiger partial charge on any atom is 0.206 e. The van der Waals surface area contributed by atoms with E-state index in [0.717, 1.165) is 16.7 Å². The molecule has 0 radical (unpaired) electrons. The number of hydrogen-bond acceptors (Lipinski definition) is 6. The summed E-state index contributed by atoms with van der Waals surface area (Å²) in [4.78, 5) is 0.755. The van der Waals surface area contributed by atoms with E-state index in [9.17, 15) is 16.8 Å². The van der Waals surface area contributed by atoms with Gasteiger partial charge in [0.1, 0.15) is 22.8 Å². The zero-order valence-corrected chi connectivity index (χ0v) is 28.8. The smallest absolute Gasteiger partial charge is 0.206 e. The Morgan fingerprint density at radius 2 is 0.864 bits per heavy atom. The molecule has 4 rings (SSSR count). The molecule has 0 spiro atoms. The fourth-order valence-electron chi connectivity index (χ4n) is 4.97. The van der Waals surface area contributed by atoms with E-state index in [4.69, 9.17) is 9.47 Å². The number of ether oxygens (including phenoxy) is 2. The van der Waals surface area contributed by atoms with Crippen LogP contribution < -0.4 is 9.47 Å². The third kappa shape index (κ3) is 7.02. The molecule has 0 fully saturated rings. The number of benzene rings is 4. The molecule has 0 saturated carbocycles. The normalized spacial score (nSPS) is 12.7. The van der Waals surface area contributed by atoms with E-state index in [-0.39, 0.29) is 25.0 Å². The highest BCUT2D eigenvalue weighted by Crippen LogP contribution is 2.36. The van der Waals surface area contributed by atoms with Crippen molar-refractivity contribution in [2.24, 2.45) is 0 Å². The molecule has 8 heteroatoms. The van der Waals surface area contributed by atoms with E-state index in [0.29, 0.717) is 28.4 Å². The van der Waals surface area contributed by atoms with Gasteiger partial charge >= 0.3 is 0 Å². The second kappa shape index (κ2) is 11.7. The molecule has 0 N–H and O–H groups in total. The molecule has 4 aromatic rings. The predicted molar refractivity (Wildman–Crippen MR) is 175 cm³/mol. The van der Waals surface area contributed by atoms with Crippen LogP contribution in [-0.4, -0.2) is 22.4 Å². The average Bonchev–Trinajstić information content (AvgIpc) is 2.91. The molecule has 0 atom stereocenters. The summed E-state index contributed by atoms with van der Waals surface area (Å²) < 4.78 is 66.0. The lowest BCUT2D eigenvalue weighted by Gasteiger charge is -2.24. The van der Waals surface area contributed by atoms with Crippen molar-refractivity contribution in [2.45, 2.75) is 99.8 Å². The SMILES string of the molecule is Cc1cc(S(=O)(=O)c2cc(C)c(OC(C)(C)C)c(C)c2)cc(C)c1Oc1ccc(S(=O)(=O)c2ccc(C(C)(C)C)cc2)cc1. The van der Waals surface area contributed by atoms with Gasteiger partial charge in [0, 0.05) is 0 Å². The van der Waals surface area contributed by atoms with Gasteiger partial charge in [-0.15, -0.1) is 0 Å². The molecule has 0 aliphatic carbocycles. The molecule has 4 aromatic carbocycles. The molecule has 0 heterocycles. The maximum atomic E-state index is 13.7. The summed E-state index contributed by atoms with van der Waals surface area (Å²) in [6, 6.07) is 19.7. The summed E-state index contributed by atoms with van der Waals surface area (Å²) >= 11 is 0. The molecule has 0 amide bonds. The summed E-state index contributed by atoms with van der Waals surface area (Å²) in [7, 11) is -7.52. The Labute approximate surface area is 262 Å². The van der Waals surface area contributed by atoms with Gasteiger partial charge in [-0.1, -0.05) is 32.9 Å². The van der Waals surface area contributed by atoms with Gasteiger partial charge in [0.05, 0.1) is 19.6 Å². The zero-order valence-electron chi connectivity index (χ0n) is 27.2. The Bertz CT molecular complexity index is 1860. The van der Waals surface area contributed by atoms with E-state index in [1.165, 1.54) is 12.1 Å². The summed E-state index contributed by atoms with van der Waals surface area (Å²) in [5.41, 5.74) is 3.34. The molecule has 0 aliphatic rings. The van der Waals surface area contributed by atoms with Crippen molar-refractivity contribution in [1.82, 2.24) is 0 Å². The van der Waals surface area contributed by atoms with Crippen LogP contribution in [0.3, 0.4) is 0 Å². The topological polar surface area (TPSA) is 86.7 Å². The van der Waals surface area contributed by atoms with Gasteiger partial charge in [-0.05, 0) is 142 Å². The summed E-state index contributed by atoms with van der Waals surface area (Å²) in [5.74, 6) is 1.64. The second-order valence-corrected chi connectivity index (χ2v) is 17.2. The fourth-order valence-corrected chi connectivity index (χ4v) is 7.83. The van der Waals surface area contributed by atoms with Crippen molar-refractivity contribution in [1.29, 1.82) is 0 Å². The van der Waals surface area contributed by atoms with Gasteiger partial charge in [0.2, 0.25) is 19.7 Å². The highest BCUT2D eigenvalue weighted by atomic mass is 32.2. The highest BCUT2D eigenvalue weighted by Gasteiger charge is 2.25. The minimum atomic E-state index is -3.82. The van der Waals surface area contributed by atoms with Crippen LogP contribution in [0.25, 0.3) is 0 Å². The summed E-state index contributed by atoms with van der Waals surface area (Å²) in [5, 5.41) is 0. The first kappa shape index (κ1) is 33.3. The zero-order chi connectivity index (χ0) is 32.8. The van der Waals surface area contributed by atoms with Crippen LogP contribution in [0.5, 0.6) is 17.2 Å². The van der Waals surface area contributed by atoms with Gasteiger partial charge in [-0.25, -0.2) is 16.8 Å². The van der Waals surface area contributed by atoms with Gasteiger partial charge < -0.3 is 9.47 Å².